The number of benzene rings is 1. The van der Waals surface area contributed by atoms with Gasteiger partial charge < -0.3 is 9.84 Å². The number of aryl methyl sites for hydroxylation is 1. The van der Waals surface area contributed by atoms with E-state index in [1.807, 2.05) is 26.0 Å². The number of rotatable bonds is 7. The molecule has 148 valence electrons. The van der Waals surface area contributed by atoms with Crippen molar-refractivity contribution in [1.82, 2.24) is 4.37 Å². The molecule has 1 aliphatic rings. The minimum absolute atomic E-state index is 0.0922. The first kappa shape index (κ1) is 20.6. The fourth-order valence-corrected chi connectivity index (χ4v) is 4.10. The van der Waals surface area contributed by atoms with E-state index in [0.29, 0.717) is 27.6 Å². The van der Waals surface area contributed by atoms with Crippen molar-refractivity contribution in [3.05, 3.63) is 68.7 Å². The van der Waals surface area contributed by atoms with E-state index in [1.54, 1.807) is 18.3 Å². The largest absolute Gasteiger partial charge is 0.489 e. The molecule has 0 radical (unpaired) electrons. The second kappa shape index (κ2) is 8.45. The zero-order valence-electron chi connectivity index (χ0n) is 15.7. The summed E-state index contributed by atoms with van der Waals surface area (Å²) in [6.45, 7) is 4.10. The maximum atomic E-state index is 15.3. The second-order valence-corrected chi connectivity index (χ2v) is 8.06. The van der Waals surface area contributed by atoms with E-state index >= 15 is 4.39 Å². The smallest absolute Gasteiger partial charge is 0.303 e. The van der Waals surface area contributed by atoms with E-state index in [0.717, 1.165) is 28.2 Å². The molecule has 7 heteroatoms. The molecule has 0 saturated heterocycles. The molecule has 3 rings (SSSR count). The first-order valence-corrected chi connectivity index (χ1v) is 10.1. The summed E-state index contributed by atoms with van der Waals surface area (Å²) in [5.41, 5.74) is 2.04. The lowest BCUT2D eigenvalue weighted by Gasteiger charge is -2.23. The van der Waals surface area contributed by atoms with Crippen LogP contribution in [0.15, 0.2) is 41.6 Å². The third kappa shape index (κ3) is 4.45. The quantitative estimate of drug-likeness (QED) is 0.631. The lowest BCUT2D eigenvalue weighted by atomic mass is 9.93. The van der Waals surface area contributed by atoms with E-state index in [-0.39, 0.29) is 19.4 Å². The number of nitrogens with zero attached hydrogens (tertiary/aromatic N) is 1. The highest BCUT2D eigenvalue weighted by atomic mass is 35.5. The van der Waals surface area contributed by atoms with E-state index in [9.17, 15) is 4.79 Å². The van der Waals surface area contributed by atoms with Crippen LogP contribution < -0.4 is 4.74 Å². The first-order valence-electron chi connectivity index (χ1n) is 8.91. The highest BCUT2D eigenvalue weighted by Crippen LogP contribution is 2.40. The molecule has 1 aromatic heterocycles. The number of alkyl halides is 1. The Kier molecular flexibility index (Phi) is 6.20. The first-order chi connectivity index (χ1) is 13.3. The molecular weight excluding hydrogens is 401 g/mol. The lowest BCUT2D eigenvalue weighted by molar-refractivity contribution is -0.136. The van der Waals surface area contributed by atoms with E-state index in [4.69, 9.17) is 21.4 Å². The normalized spacial score (nSPS) is 18.8. The third-order valence-corrected chi connectivity index (χ3v) is 6.24. The molecular formula is C21H21ClFNO3S. The maximum absolute atomic E-state index is 15.3. The molecule has 2 aromatic rings. The van der Waals surface area contributed by atoms with Gasteiger partial charge in [0.2, 0.25) is 0 Å². The topological polar surface area (TPSA) is 59.4 Å². The van der Waals surface area contributed by atoms with E-state index < -0.39 is 11.6 Å². The number of carboxylic acids is 1. The number of halogens is 2. The van der Waals surface area contributed by atoms with Crippen LogP contribution in [0.2, 0.25) is 0 Å². The number of aliphatic carboxylic acids is 1. The monoisotopic (exact) mass is 421 g/mol. The minimum Gasteiger partial charge on any atom is -0.489 e. The van der Waals surface area contributed by atoms with Crippen molar-refractivity contribution in [2.24, 2.45) is 0 Å². The van der Waals surface area contributed by atoms with Gasteiger partial charge in [0.05, 0.1) is 4.88 Å². The number of aromatic nitrogens is 1. The van der Waals surface area contributed by atoms with Crippen LogP contribution in [0.4, 0.5) is 4.39 Å². The summed E-state index contributed by atoms with van der Waals surface area (Å²) in [7, 11) is 0. The molecule has 28 heavy (non-hydrogen) atoms. The van der Waals surface area contributed by atoms with Gasteiger partial charge in [-0.2, -0.15) is 0 Å². The van der Waals surface area contributed by atoms with E-state index in [2.05, 4.69) is 4.37 Å². The van der Waals surface area contributed by atoms with E-state index in [1.165, 1.54) is 6.08 Å². The molecule has 1 aromatic carbocycles. The van der Waals surface area contributed by atoms with Crippen molar-refractivity contribution < 1.29 is 19.0 Å². The molecule has 0 spiro atoms. The van der Waals surface area contributed by atoms with Crippen LogP contribution in [0.5, 0.6) is 5.75 Å². The van der Waals surface area contributed by atoms with Gasteiger partial charge >= 0.3 is 5.97 Å². The summed E-state index contributed by atoms with van der Waals surface area (Å²) in [4.78, 5) is 11.3. The van der Waals surface area contributed by atoms with Gasteiger partial charge in [0.25, 0.3) is 0 Å². The van der Waals surface area contributed by atoms with Crippen LogP contribution in [0, 0.1) is 13.8 Å². The zero-order chi connectivity index (χ0) is 20.3. The molecule has 4 nitrogen and oxygen atoms in total. The number of carbonyl (C=O) groups is 1. The number of hydrogen-bond acceptors (Lipinski definition) is 4. The molecule has 0 saturated carbocycles. The molecule has 1 atom stereocenters. The molecule has 0 aliphatic heterocycles. The Morgan fingerprint density at radius 1 is 1.36 bits per heavy atom. The molecule has 0 fully saturated rings. The minimum atomic E-state index is -1.62. The SMILES string of the molecule is Cc1c(CCC(=O)O)ccc(OCc2cnsc2C2(F)C=CC(Cl)=CC2)c1C. The summed E-state index contributed by atoms with van der Waals surface area (Å²) in [6.07, 6.45) is 7.09. The van der Waals surface area contributed by atoms with Gasteiger partial charge in [0.15, 0.2) is 5.67 Å². The van der Waals surface area contributed by atoms with Gasteiger partial charge in [-0.05, 0) is 66.7 Å². The fourth-order valence-electron chi connectivity index (χ4n) is 3.14. The Balaban J connectivity index is 1.74. The average Bonchev–Trinajstić information content (AvgIpc) is 3.14. The van der Waals surface area contributed by atoms with Gasteiger partial charge in [-0.15, -0.1) is 0 Å². The van der Waals surface area contributed by atoms with Crippen LogP contribution >= 0.6 is 23.1 Å². The van der Waals surface area contributed by atoms with Crippen LogP contribution in [0.1, 0.15) is 40.0 Å². The van der Waals surface area contributed by atoms with Gasteiger partial charge in [0, 0.05) is 29.6 Å². The molecule has 1 aliphatic carbocycles. The third-order valence-electron chi connectivity index (χ3n) is 4.96. The van der Waals surface area contributed by atoms with Crippen molar-refractivity contribution >= 4 is 29.1 Å². The number of ether oxygens (including phenoxy) is 1. The predicted octanol–water partition coefficient (Wildman–Crippen LogP) is 5.60. The van der Waals surface area contributed by atoms with Gasteiger partial charge in [-0.3, -0.25) is 4.79 Å². The summed E-state index contributed by atoms with van der Waals surface area (Å²) < 4.78 is 25.4. The predicted molar refractivity (Wildman–Crippen MR) is 109 cm³/mol. The zero-order valence-corrected chi connectivity index (χ0v) is 17.2. The second-order valence-electron chi connectivity index (χ2n) is 6.82. The molecule has 1 unspecified atom stereocenters. The standard InChI is InChI=1S/C21H21ClFNO3S/c1-13-14(2)18(5-3-15(13)4-6-19(25)26)27-12-16-11-24-28-20(16)21(23)9-7-17(22)8-10-21/h3,5,7-9,11H,4,6,10,12H2,1-2H3,(H,25,26). The highest BCUT2D eigenvalue weighted by molar-refractivity contribution is 7.06. The number of carboxylic acid groups (broad SMARTS) is 1. The van der Waals surface area contributed by atoms with Gasteiger partial charge in [-0.25, -0.2) is 8.76 Å². The summed E-state index contributed by atoms with van der Waals surface area (Å²) in [5, 5.41) is 9.40. The van der Waals surface area contributed by atoms with Crippen molar-refractivity contribution in [1.29, 1.82) is 0 Å². The number of hydrogen-bond donors (Lipinski definition) is 1. The lowest BCUT2D eigenvalue weighted by Crippen LogP contribution is -2.19. The Morgan fingerprint density at radius 2 is 2.14 bits per heavy atom. The van der Waals surface area contributed by atoms with Crippen molar-refractivity contribution in [3.63, 3.8) is 0 Å². The van der Waals surface area contributed by atoms with Crippen molar-refractivity contribution in [2.75, 3.05) is 0 Å². The van der Waals surface area contributed by atoms with Crippen LogP contribution in [0.3, 0.4) is 0 Å². The molecule has 0 bridgehead atoms. The molecule has 0 amide bonds. The maximum Gasteiger partial charge on any atom is 0.303 e. The Hall–Kier alpha value is -2.18. The van der Waals surface area contributed by atoms with Crippen molar-refractivity contribution in [3.8, 4) is 5.75 Å². The van der Waals surface area contributed by atoms with Crippen LogP contribution in [0.25, 0.3) is 0 Å². The highest BCUT2D eigenvalue weighted by Gasteiger charge is 2.34. The van der Waals surface area contributed by atoms with Crippen LogP contribution in [-0.2, 0) is 23.5 Å². The number of allylic oxidation sites excluding steroid dienone is 4. The van der Waals surface area contributed by atoms with Crippen LogP contribution in [-0.4, -0.2) is 15.4 Å². The summed E-state index contributed by atoms with van der Waals surface area (Å²) >= 11 is 7.04. The van der Waals surface area contributed by atoms with Gasteiger partial charge in [0.1, 0.15) is 12.4 Å². The van der Waals surface area contributed by atoms with Gasteiger partial charge in [-0.1, -0.05) is 23.7 Å². The fraction of sp³-hybridized carbons (Fsp3) is 0.333. The Morgan fingerprint density at radius 3 is 2.82 bits per heavy atom. The average molecular weight is 422 g/mol. The Bertz CT molecular complexity index is 953. The molecule has 1 heterocycles. The Labute approximate surface area is 172 Å². The van der Waals surface area contributed by atoms with Crippen molar-refractivity contribution in [2.45, 2.75) is 45.4 Å². The molecule has 1 N–H and O–H groups in total. The summed E-state index contributed by atoms with van der Waals surface area (Å²) in [5.74, 6) is -0.119. The summed E-state index contributed by atoms with van der Waals surface area (Å²) in [6, 6.07) is 3.73.